The first-order valence-corrected chi connectivity index (χ1v) is 11.4. The van der Waals surface area contributed by atoms with Crippen molar-refractivity contribution in [3.63, 3.8) is 0 Å². The Hall–Kier alpha value is -3.58. The second-order valence-corrected chi connectivity index (χ2v) is 9.61. The van der Waals surface area contributed by atoms with Gasteiger partial charge in [-0.15, -0.1) is 11.3 Å². The number of nitrogens with zero attached hydrogens (tertiary/aromatic N) is 1. The number of rotatable bonds is 6. The lowest BCUT2D eigenvalue weighted by Gasteiger charge is -2.21. The Balaban J connectivity index is 1.78. The van der Waals surface area contributed by atoms with E-state index >= 15 is 0 Å². The number of benzene rings is 2. The fourth-order valence-electron chi connectivity index (χ4n) is 3.69. The Morgan fingerprint density at radius 3 is 2.21 bits per heavy atom. The van der Waals surface area contributed by atoms with Crippen LogP contribution >= 0.6 is 11.3 Å². The van der Waals surface area contributed by atoms with Gasteiger partial charge < -0.3 is 14.8 Å². The molecule has 170 valence electrons. The van der Waals surface area contributed by atoms with Crippen LogP contribution in [-0.4, -0.2) is 26.0 Å². The van der Waals surface area contributed by atoms with Gasteiger partial charge in [-0.3, -0.25) is 9.59 Å². The molecule has 2 aromatic carbocycles. The van der Waals surface area contributed by atoms with Crippen molar-refractivity contribution in [2.45, 2.75) is 26.2 Å². The van der Waals surface area contributed by atoms with E-state index < -0.39 is 5.91 Å². The van der Waals surface area contributed by atoms with Gasteiger partial charge in [0.2, 0.25) is 0 Å². The zero-order chi connectivity index (χ0) is 23.8. The summed E-state index contributed by atoms with van der Waals surface area (Å²) >= 11 is 1.41. The summed E-state index contributed by atoms with van der Waals surface area (Å²) < 4.78 is 10.8. The highest BCUT2D eigenvalue weighted by Crippen LogP contribution is 2.38. The molecule has 0 fully saturated rings. The lowest BCUT2D eigenvalue weighted by atomic mass is 9.87. The Bertz CT molecular complexity index is 1220. The van der Waals surface area contributed by atoms with Crippen molar-refractivity contribution in [1.82, 2.24) is 0 Å². The van der Waals surface area contributed by atoms with Crippen LogP contribution in [0.1, 0.15) is 31.2 Å². The molecule has 0 radical (unpaired) electrons. The Kier molecular flexibility index (Phi) is 5.99. The minimum absolute atomic E-state index is 0.0342. The molecular formula is C26H26N2O4S. The Morgan fingerprint density at radius 1 is 0.909 bits per heavy atom. The van der Waals surface area contributed by atoms with E-state index in [9.17, 15) is 9.59 Å². The van der Waals surface area contributed by atoms with Gasteiger partial charge in [0.25, 0.3) is 11.8 Å². The van der Waals surface area contributed by atoms with Crippen LogP contribution in [0.3, 0.4) is 0 Å². The lowest BCUT2D eigenvalue weighted by molar-refractivity contribution is -0.120. The highest BCUT2D eigenvalue weighted by molar-refractivity contribution is 7.11. The number of anilines is 2. The SMILES string of the molecule is COc1ccc(OC)c(NC2=C(c3cccs3)C(=O)N(c3ccc(C(C)(C)C)cc3)C2=O)c1. The third-order valence-corrected chi connectivity index (χ3v) is 6.40. The van der Waals surface area contributed by atoms with E-state index in [0.29, 0.717) is 33.3 Å². The zero-order valence-electron chi connectivity index (χ0n) is 19.3. The highest BCUT2D eigenvalue weighted by atomic mass is 32.1. The monoisotopic (exact) mass is 462 g/mol. The topological polar surface area (TPSA) is 67.9 Å². The highest BCUT2D eigenvalue weighted by Gasteiger charge is 2.41. The number of hydrogen-bond donors (Lipinski definition) is 1. The van der Waals surface area contributed by atoms with Gasteiger partial charge in [-0.1, -0.05) is 39.0 Å². The van der Waals surface area contributed by atoms with Crippen molar-refractivity contribution in [1.29, 1.82) is 0 Å². The Labute approximate surface area is 197 Å². The van der Waals surface area contributed by atoms with Crippen LogP contribution in [0.4, 0.5) is 11.4 Å². The van der Waals surface area contributed by atoms with Crippen molar-refractivity contribution in [2.75, 3.05) is 24.4 Å². The third kappa shape index (κ3) is 4.24. The molecule has 1 aromatic heterocycles. The van der Waals surface area contributed by atoms with Crippen molar-refractivity contribution < 1.29 is 19.1 Å². The van der Waals surface area contributed by atoms with Crippen LogP contribution in [0.25, 0.3) is 5.57 Å². The standard InChI is InChI=1S/C26H26N2O4S/c1-26(2,3)16-8-10-17(11-9-16)28-24(29)22(21-7-6-14-33-21)23(25(28)30)27-19-15-18(31-4)12-13-20(19)32-5/h6-15,27H,1-5H3. The van der Waals surface area contributed by atoms with Crippen molar-refractivity contribution in [3.05, 3.63) is 76.1 Å². The van der Waals surface area contributed by atoms with Crippen LogP contribution in [-0.2, 0) is 15.0 Å². The van der Waals surface area contributed by atoms with E-state index in [0.717, 1.165) is 5.56 Å². The maximum absolute atomic E-state index is 13.6. The molecule has 6 nitrogen and oxygen atoms in total. The molecule has 0 aliphatic carbocycles. The largest absolute Gasteiger partial charge is 0.497 e. The predicted octanol–water partition coefficient (Wildman–Crippen LogP) is 5.46. The van der Waals surface area contributed by atoms with Crippen LogP contribution in [0, 0.1) is 0 Å². The van der Waals surface area contributed by atoms with E-state index in [1.807, 2.05) is 41.8 Å². The smallest absolute Gasteiger partial charge is 0.282 e. The minimum Gasteiger partial charge on any atom is -0.497 e. The summed E-state index contributed by atoms with van der Waals surface area (Å²) in [6, 6.07) is 16.5. The molecule has 3 aromatic rings. The number of methoxy groups -OCH3 is 2. The fourth-order valence-corrected chi connectivity index (χ4v) is 4.45. The lowest BCUT2D eigenvalue weighted by Crippen LogP contribution is -2.32. The number of nitrogens with one attached hydrogen (secondary N) is 1. The second-order valence-electron chi connectivity index (χ2n) is 8.66. The molecule has 7 heteroatoms. The molecule has 33 heavy (non-hydrogen) atoms. The zero-order valence-corrected chi connectivity index (χ0v) is 20.1. The van der Waals surface area contributed by atoms with Crippen molar-refractivity contribution in [2.24, 2.45) is 0 Å². The molecular weight excluding hydrogens is 436 g/mol. The van der Waals surface area contributed by atoms with Gasteiger partial charge in [0.1, 0.15) is 17.2 Å². The quantitative estimate of drug-likeness (QED) is 0.493. The molecule has 1 aliphatic rings. The molecule has 1 N–H and O–H groups in total. The van der Waals surface area contributed by atoms with E-state index in [-0.39, 0.29) is 17.0 Å². The van der Waals surface area contributed by atoms with Crippen molar-refractivity contribution >= 4 is 40.1 Å². The molecule has 0 unspecified atom stereocenters. The summed E-state index contributed by atoms with van der Waals surface area (Å²) in [5, 5.41) is 5.04. The molecule has 2 amide bonds. The first-order chi connectivity index (χ1) is 15.7. The predicted molar refractivity (Wildman–Crippen MR) is 132 cm³/mol. The number of thiophene rings is 1. The maximum atomic E-state index is 13.6. The average molecular weight is 463 g/mol. The van der Waals surface area contributed by atoms with Crippen LogP contribution < -0.4 is 19.7 Å². The van der Waals surface area contributed by atoms with Gasteiger partial charge >= 0.3 is 0 Å². The van der Waals surface area contributed by atoms with Gasteiger partial charge in [0, 0.05) is 10.9 Å². The summed E-state index contributed by atoms with van der Waals surface area (Å²) in [7, 11) is 3.11. The van der Waals surface area contributed by atoms with Crippen LogP contribution in [0.5, 0.6) is 11.5 Å². The van der Waals surface area contributed by atoms with Gasteiger partial charge in [-0.05, 0) is 46.7 Å². The number of carbonyl (C=O) groups excluding carboxylic acids is 2. The van der Waals surface area contributed by atoms with Gasteiger partial charge in [0.05, 0.1) is 31.2 Å². The van der Waals surface area contributed by atoms with Gasteiger partial charge in [-0.25, -0.2) is 4.90 Å². The summed E-state index contributed by atoms with van der Waals surface area (Å²) in [4.78, 5) is 29.0. The maximum Gasteiger partial charge on any atom is 0.282 e. The first-order valence-electron chi connectivity index (χ1n) is 10.5. The fraction of sp³-hybridized carbons (Fsp3) is 0.231. The summed E-state index contributed by atoms with van der Waals surface area (Å²) in [5.74, 6) is 0.345. The molecule has 0 atom stereocenters. The van der Waals surface area contributed by atoms with E-state index in [1.54, 1.807) is 32.4 Å². The molecule has 4 rings (SSSR count). The van der Waals surface area contributed by atoms with Gasteiger partial charge in [-0.2, -0.15) is 0 Å². The minimum atomic E-state index is -0.420. The Morgan fingerprint density at radius 2 is 1.64 bits per heavy atom. The van der Waals surface area contributed by atoms with E-state index in [1.165, 1.54) is 16.2 Å². The molecule has 2 heterocycles. The van der Waals surface area contributed by atoms with Crippen LogP contribution in [0.2, 0.25) is 0 Å². The first kappa shape index (κ1) is 22.6. The second kappa shape index (κ2) is 8.75. The molecule has 0 spiro atoms. The summed E-state index contributed by atoms with van der Waals surface area (Å²) in [6.07, 6.45) is 0. The normalized spacial score (nSPS) is 14.2. The number of imide groups is 1. The van der Waals surface area contributed by atoms with E-state index in [4.69, 9.17) is 9.47 Å². The summed E-state index contributed by atoms with van der Waals surface area (Å²) in [6.45, 7) is 6.36. The van der Waals surface area contributed by atoms with E-state index in [2.05, 4.69) is 26.1 Å². The van der Waals surface area contributed by atoms with Gasteiger partial charge in [0.15, 0.2) is 0 Å². The van der Waals surface area contributed by atoms with Crippen LogP contribution in [0.15, 0.2) is 65.7 Å². The summed E-state index contributed by atoms with van der Waals surface area (Å²) in [5.41, 5.74) is 2.69. The molecule has 1 aliphatic heterocycles. The number of amides is 2. The molecule has 0 saturated heterocycles. The number of hydrogen-bond acceptors (Lipinski definition) is 6. The average Bonchev–Trinajstić information content (AvgIpc) is 3.40. The number of ether oxygens (including phenoxy) is 2. The molecule has 0 saturated carbocycles. The third-order valence-electron chi connectivity index (χ3n) is 5.51. The molecule has 0 bridgehead atoms. The number of carbonyl (C=O) groups is 2. The van der Waals surface area contributed by atoms with Crippen molar-refractivity contribution in [3.8, 4) is 11.5 Å².